The normalized spacial score (nSPS) is 11.7. The van der Waals surface area contributed by atoms with Gasteiger partial charge in [0.2, 0.25) is 0 Å². The van der Waals surface area contributed by atoms with Gasteiger partial charge in [-0.3, -0.25) is 8.97 Å². The highest BCUT2D eigenvalue weighted by Gasteiger charge is 2.19. The number of fused-ring (bicyclic) bond motifs is 4. The van der Waals surface area contributed by atoms with Crippen LogP contribution in [0, 0.1) is 13.8 Å². The van der Waals surface area contributed by atoms with Crippen LogP contribution in [-0.2, 0) is 0 Å². The fraction of sp³-hybridized carbons (Fsp3) is 0.0833. The molecule has 2 aromatic carbocycles. The van der Waals surface area contributed by atoms with E-state index in [-0.39, 0.29) is 0 Å². The minimum Gasteiger partial charge on any atom is -0.298 e. The third kappa shape index (κ3) is 2.30. The van der Waals surface area contributed by atoms with Crippen LogP contribution in [0.5, 0.6) is 0 Å². The molecule has 30 heavy (non-hydrogen) atoms. The number of hydrogen-bond acceptors (Lipinski definition) is 4. The Hall–Kier alpha value is -4.06. The fourth-order valence-corrected chi connectivity index (χ4v) is 4.27. The highest BCUT2D eigenvalue weighted by atomic mass is 15.1. The van der Waals surface area contributed by atoms with Crippen LogP contribution in [0.2, 0.25) is 0 Å². The molecule has 6 aromatic rings. The van der Waals surface area contributed by atoms with Crippen molar-refractivity contribution in [3.63, 3.8) is 0 Å². The van der Waals surface area contributed by atoms with Crippen LogP contribution in [0.15, 0.2) is 73.3 Å². The van der Waals surface area contributed by atoms with Gasteiger partial charge >= 0.3 is 0 Å². The summed E-state index contributed by atoms with van der Waals surface area (Å²) in [6.07, 6.45) is 4.99. The summed E-state index contributed by atoms with van der Waals surface area (Å²) in [6.45, 7) is 4.27. The lowest BCUT2D eigenvalue weighted by molar-refractivity contribution is 1.09. The monoisotopic (exact) mass is 390 g/mol. The summed E-state index contributed by atoms with van der Waals surface area (Å²) >= 11 is 0. The first-order chi connectivity index (χ1) is 14.7. The van der Waals surface area contributed by atoms with Crippen LogP contribution in [0.3, 0.4) is 0 Å². The van der Waals surface area contributed by atoms with Gasteiger partial charge < -0.3 is 0 Å². The molecule has 144 valence electrons. The Morgan fingerprint density at radius 2 is 1.67 bits per heavy atom. The maximum Gasteiger partial charge on any atom is 0.181 e. The molecule has 0 radical (unpaired) electrons. The Morgan fingerprint density at radius 3 is 2.57 bits per heavy atom. The van der Waals surface area contributed by atoms with Crippen molar-refractivity contribution < 1.29 is 0 Å². The number of rotatable bonds is 2. The van der Waals surface area contributed by atoms with E-state index in [0.29, 0.717) is 11.2 Å². The third-order valence-electron chi connectivity index (χ3n) is 5.61. The van der Waals surface area contributed by atoms with Crippen LogP contribution in [0.4, 0.5) is 0 Å². The van der Waals surface area contributed by atoms with E-state index in [4.69, 9.17) is 4.98 Å². The van der Waals surface area contributed by atoms with Crippen molar-refractivity contribution in [3.05, 3.63) is 84.6 Å². The molecule has 0 fully saturated rings. The van der Waals surface area contributed by atoms with E-state index >= 15 is 0 Å². The van der Waals surface area contributed by atoms with Gasteiger partial charge in [0.25, 0.3) is 0 Å². The molecular weight excluding hydrogens is 372 g/mol. The predicted molar refractivity (Wildman–Crippen MR) is 118 cm³/mol. The Kier molecular flexibility index (Phi) is 3.49. The van der Waals surface area contributed by atoms with Crippen LogP contribution in [0.25, 0.3) is 44.8 Å². The van der Waals surface area contributed by atoms with Crippen LogP contribution in [0.1, 0.15) is 11.3 Å². The molecule has 4 heterocycles. The van der Waals surface area contributed by atoms with Crippen molar-refractivity contribution in [1.29, 1.82) is 0 Å². The summed E-state index contributed by atoms with van der Waals surface area (Å²) in [7, 11) is 0. The molecule has 6 nitrogen and oxygen atoms in total. The van der Waals surface area contributed by atoms with Gasteiger partial charge in [0.15, 0.2) is 5.65 Å². The van der Waals surface area contributed by atoms with Gasteiger partial charge in [-0.25, -0.2) is 19.9 Å². The maximum absolute atomic E-state index is 4.79. The maximum atomic E-state index is 4.79. The molecule has 0 atom stereocenters. The number of benzene rings is 2. The van der Waals surface area contributed by atoms with Crippen LogP contribution < -0.4 is 0 Å². The highest BCUT2D eigenvalue weighted by Crippen LogP contribution is 2.34. The molecule has 0 aliphatic heterocycles. The van der Waals surface area contributed by atoms with Crippen molar-refractivity contribution in [2.45, 2.75) is 13.8 Å². The quantitative estimate of drug-likeness (QED) is 0.422. The second-order valence-electron chi connectivity index (χ2n) is 7.45. The SMILES string of the molecule is Cc1cccc(-c2cnc3cncnc3n2)c1-n1c2ccccc2n2c(C)ccc12. The molecule has 0 unspecified atom stereocenters. The van der Waals surface area contributed by atoms with Crippen molar-refractivity contribution >= 4 is 27.8 Å². The van der Waals surface area contributed by atoms with E-state index in [9.17, 15) is 0 Å². The minimum atomic E-state index is 0.594. The molecule has 6 heteroatoms. The van der Waals surface area contributed by atoms with Gasteiger partial charge in [0, 0.05) is 11.3 Å². The molecule has 4 aromatic heterocycles. The first-order valence-corrected chi connectivity index (χ1v) is 9.83. The summed E-state index contributed by atoms with van der Waals surface area (Å²) < 4.78 is 4.61. The van der Waals surface area contributed by atoms with Gasteiger partial charge in [0.1, 0.15) is 17.5 Å². The van der Waals surface area contributed by atoms with Crippen molar-refractivity contribution in [2.24, 2.45) is 0 Å². The average molecular weight is 390 g/mol. The highest BCUT2D eigenvalue weighted by molar-refractivity contribution is 5.88. The molecule has 0 saturated heterocycles. The summed E-state index contributed by atoms with van der Waals surface area (Å²) in [4.78, 5) is 17.7. The van der Waals surface area contributed by atoms with Crippen molar-refractivity contribution in [1.82, 2.24) is 28.9 Å². The zero-order valence-electron chi connectivity index (χ0n) is 16.6. The summed E-state index contributed by atoms with van der Waals surface area (Å²) in [5.74, 6) is 0. The second kappa shape index (κ2) is 6.22. The lowest BCUT2D eigenvalue weighted by Gasteiger charge is -2.15. The molecule has 0 N–H and O–H groups in total. The number of aryl methyl sites for hydroxylation is 2. The predicted octanol–water partition coefficient (Wildman–Crippen LogP) is 4.90. The van der Waals surface area contributed by atoms with E-state index in [0.717, 1.165) is 28.1 Å². The lowest BCUT2D eigenvalue weighted by atomic mass is 10.0. The van der Waals surface area contributed by atoms with E-state index in [1.54, 1.807) is 12.4 Å². The first kappa shape index (κ1) is 16.9. The topological polar surface area (TPSA) is 60.9 Å². The zero-order valence-corrected chi connectivity index (χ0v) is 16.6. The van der Waals surface area contributed by atoms with Gasteiger partial charge in [-0.05, 0) is 43.7 Å². The number of para-hydroxylation sites is 3. The average Bonchev–Trinajstić information content (AvgIpc) is 3.31. The molecular formula is C24H18N6. The smallest absolute Gasteiger partial charge is 0.181 e. The Labute approximate surface area is 172 Å². The minimum absolute atomic E-state index is 0.594. The Morgan fingerprint density at radius 1 is 0.800 bits per heavy atom. The molecule has 0 amide bonds. The summed E-state index contributed by atoms with van der Waals surface area (Å²) in [5.41, 5.74) is 10.0. The molecule has 0 saturated carbocycles. The largest absolute Gasteiger partial charge is 0.298 e. The van der Waals surface area contributed by atoms with E-state index in [1.165, 1.54) is 23.1 Å². The third-order valence-corrected chi connectivity index (χ3v) is 5.61. The molecule has 0 aliphatic carbocycles. The lowest BCUT2D eigenvalue weighted by Crippen LogP contribution is -2.02. The summed E-state index contributed by atoms with van der Waals surface area (Å²) in [6, 6.07) is 19.1. The first-order valence-electron chi connectivity index (χ1n) is 9.83. The van der Waals surface area contributed by atoms with E-state index < -0.39 is 0 Å². The standard InChI is InChI=1S/C24H18N6/c1-15-6-5-7-17(18-13-26-19-12-25-14-27-24(19)28-18)23(15)30-21-9-4-3-8-20(21)29-16(2)10-11-22(29)30/h3-14H,1-2H3. The molecule has 0 spiro atoms. The van der Waals surface area contributed by atoms with Crippen molar-refractivity contribution in [3.8, 4) is 16.9 Å². The van der Waals surface area contributed by atoms with E-state index in [2.05, 4.69) is 92.4 Å². The number of imidazole rings is 1. The number of hydrogen-bond donors (Lipinski definition) is 0. The van der Waals surface area contributed by atoms with Crippen LogP contribution in [-0.4, -0.2) is 28.9 Å². The zero-order chi connectivity index (χ0) is 20.2. The Balaban J connectivity index is 1.72. The van der Waals surface area contributed by atoms with Crippen molar-refractivity contribution in [2.75, 3.05) is 0 Å². The number of aromatic nitrogens is 6. The van der Waals surface area contributed by atoms with Crippen LogP contribution >= 0.6 is 0 Å². The van der Waals surface area contributed by atoms with Gasteiger partial charge in [0.05, 0.1) is 34.8 Å². The molecule has 0 bridgehead atoms. The van der Waals surface area contributed by atoms with Gasteiger partial charge in [-0.1, -0.05) is 30.3 Å². The summed E-state index contributed by atoms with van der Waals surface area (Å²) in [5, 5.41) is 0. The molecule has 6 rings (SSSR count). The fourth-order valence-electron chi connectivity index (χ4n) is 4.27. The molecule has 0 aliphatic rings. The Bertz CT molecular complexity index is 1570. The van der Waals surface area contributed by atoms with E-state index in [1.807, 2.05) is 0 Å². The second-order valence-corrected chi connectivity index (χ2v) is 7.45. The number of nitrogens with zero attached hydrogens (tertiary/aromatic N) is 6. The van der Waals surface area contributed by atoms with Gasteiger partial charge in [-0.2, -0.15) is 0 Å². The van der Waals surface area contributed by atoms with Gasteiger partial charge in [-0.15, -0.1) is 0 Å².